The van der Waals surface area contributed by atoms with Crippen LogP contribution in [0.3, 0.4) is 0 Å². The zero-order valence-electron chi connectivity index (χ0n) is 19.1. The van der Waals surface area contributed by atoms with Crippen LogP contribution in [0.1, 0.15) is 45.7 Å². The van der Waals surface area contributed by atoms with Gasteiger partial charge in [-0.3, -0.25) is 0 Å². The summed E-state index contributed by atoms with van der Waals surface area (Å²) in [6.45, 7) is 13.6. The summed E-state index contributed by atoms with van der Waals surface area (Å²) in [7, 11) is 2.01. The number of hydrogen-bond donors (Lipinski definition) is 0. The minimum Gasteiger partial charge on any atom is -0.344 e. The van der Waals surface area contributed by atoms with Gasteiger partial charge in [-0.15, -0.1) is 6.58 Å². The molecular formula is C28H34FN. The molecule has 30 heavy (non-hydrogen) atoms. The summed E-state index contributed by atoms with van der Waals surface area (Å²) in [6.07, 6.45) is 1.75. The van der Waals surface area contributed by atoms with Gasteiger partial charge >= 0.3 is 0 Å². The Morgan fingerprint density at radius 1 is 0.800 bits per heavy atom. The maximum absolute atomic E-state index is 13.2. The summed E-state index contributed by atoms with van der Waals surface area (Å²) in [4.78, 5) is 2.09. The van der Waals surface area contributed by atoms with Crippen LogP contribution in [0.4, 0.5) is 15.8 Å². The van der Waals surface area contributed by atoms with Crippen molar-refractivity contribution in [2.45, 2.75) is 34.6 Å². The molecule has 0 spiro atoms. The SMILES string of the molecule is C/C(=C(/C)c1ccccc1N(C)c1ccc(F)cc1)c1ccccc1.C=CC.CC. The van der Waals surface area contributed by atoms with Gasteiger partial charge in [0, 0.05) is 24.0 Å². The molecule has 0 aliphatic heterocycles. The Bertz CT molecular complexity index is 924. The van der Waals surface area contributed by atoms with Crippen LogP contribution < -0.4 is 4.90 Å². The topological polar surface area (TPSA) is 3.24 Å². The van der Waals surface area contributed by atoms with Crippen molar-refractivity contribution in [1.29, 1.82) is 0 Å². The molecule has 0 aromatic heterocycles. The van der Waals surface area contributed by atoms with E-state index in [2.05, 4.69) is 67.8 Å². The smallest absolute Gasteiger partial charge is 0.123 e. The zero-order valence-corrected chi connectivity index (χ0v) is 19.1. The van der Waals surface area contributed by atoms with Gasteiger partial charge in [0.25, 0.3) is 0 Å². The van der Waals surface area contributed by atoms with Gasteiger partial charge in [-0.25, -0.2) is 4.39 Å². The number of rotatable bonds is 4. The normalized spacial score (nSPS) is 10.5. The molecule has 0 unspecified atom stereocenters. The van der Waals surface area contributed by atoms with Gasteiger partial charge in [0.15, 0.2) is 0 Å². The van der Waals surface area contributed by atoms with E-state index in [4.69, 9.17) is 0 Å². The lowest BCUT2D eigenvalue weighted by Crippen LogP contribution is -2.11. The highest BCUT2D eigenvalue weighted by Crippen LogP contribution is 2.34. The van der Waals surface area contributed by atoms with E-state index in [0.29, 0.717) is 0 Å². The van der Waals surface area contributed by atoms with Crippen LogP contribution in [0.5, 0.6) is 0 Å². The van der Waals surface area contributed by atoms with E-state index < -0.39 is 0 Å². The molecule has 0 heterocycles. The van der Waals surface area contributed by atoms with Crippen molar-refractivity contribution in [3.8, 4) is 0 Å². The molecule has 1 nitrogen and oxygen atoms in total. The summed E-state index contributed by atoms with van der Waals surface area (Å²) < 4.78 is 13.2. The Morgan fingerprint density at radius 2 is 1.30 bits per heavy atom. The standard InChI is InChI=1S/C23H22FN.C3H6.C2H6/c1-17(19-9-5-4-6-10-19)18(2)22-11-7-8-12-23(22)25(3)21-15-13-20(24)14-16-21;1-3-2;1-2/h4-16H,1-3H3;3H,1H2,2H3;1-2H3/b18-17+;;. The summed E-state index contributed by atoms with van der Waals surface area (Å²) in [5.74, 6) is -0.221. The first-order valence-corrected chi connectivity index (χ1v) is 10.4. The van der Waals surface area contributed by atoms with E-state index >= 15 is 0 Å². The largest absolute Gasteiger partial charge is 0.344 e. The van der Waals surface area contributed by atoms with Crippen molar-refractivity contribution in [3.63, 3.8) is 0 Å². The first-order valence-electron chi connectivity index (χ1n) is 10.4. The maximum Gasteiger partial charge on any atom is 0.123 e. The van der Waals surface area contributed by atoms with E-state index in [1.165, 1.54) is 34.4 Å². The highest BCUT2D eigenvalue weighted by atomic mass is 19.1. The highest BCUT2D eigenvalue weighted by molar-refractivity contribution is 5.93. The summed E-state index contributed by atoms with van der Waals surface area (Å²) in [6, 6.07) is 25.3. The van der Waals surface area contributed by atoms with Crippen LogP contribution >= 0.6 is 0 Å². The van der Waals surface area contributed by atoms with Crippen LogP contribution in [0.15, 0.2) is 91.5 Å². The average Bonchev–Trinajstić information content (AvgIpc) is 2.80. The van der Waals surface area contributed by atoms with Crippen LogP contribution in [-0.2, 0) is 0 Å². The number of benzene rings is 3. The first-order chi connectivity index (χ1) is 14.5. The van der Waals surface area contributed by atoms with Crippen molar-refractivity contribution >= 4 is 22.5 Å². The molecule has 3 aromatic rings. The van der Waals surface area contributed by atoms with Crippen molar-refractivity contribution < 1.29 is 4.39 Å². The van der Waals surface area contributed by atoms with Crippen molar-refractivity contribution in [3.05, 3.63) is 108 Å². The molecule has 0 saturated carbocycles. The second-order valence-corrected chi connectivity index (χ2v) is 6.58. The minimum atomic E-state index is -0.221. The Morgan fingerprint density at radius 3 is 1.87 bits per heavy atom. The minimum absolute atomic E-state index is 0.221. The third-order valence-corrected chi connectivity index (χ3v) is 4.65. The number of hydrogen-bond acceptors (Lipinski definition) is 1. The monoisotopic (exact) mass is 403 g/mol. The molecule has 0 atom stereocenters. The zero-order chi connectivity index (χ0) is 22.5. The second-order valence-electron chi connectivity index (χ2n) is 6.58. The van der Waals surface area contributed by atoms with Crippen molar-refractivity contribution in [2.24, 2.45) is 0 Å². The lowest BCUT2D eigenvalue weighted by molar-refractivity contribution is 0.628. The number of anilines is 2. The fourth-order valence-corrected chi connectivity index (χ4v) is 2.99. The lowest BCUT2D eigenvalue weighted by atomic mass is 9.95. The second kappa shape index (κ2) is 13.2. The number of para-hydroxylation sites is 1. The van der Waals surface area contributed by atoms with Crippen LogP contribution in [0.25, 0.3) is 11.1 Å². The molecule has 2 heteroatoms. The number of allylic oxidation sites excluding steroid dienone is 3. The maximum atomic E-state index is 13.2. The van der Waals surface area contributed by atoms with E-state index in [1.54, 1.807) is 18.2 Å². The van der Waals surface area contributed by atoms with Crippen molar-refractivity contribution in [1.82, 2.24) is 0 Å². The average molecular weight is 404 g/mol. The fraction of sp³-hybridized carbons (Fsp3) is 0.214. The van der Waals surface area contributed by atoms with Gasteiger partial charge < -0.3 is 4.90 Å². The molecule has 0 fully saturated rings. The van der Waals surface area contributed by atoms with Gasteiger partial charge in [-0.05, 0) is 67.8 Å². The van der Waals surface area contributed by atoms with E-state index in [9.17, 15) is 4.39 Å². The quantitative estimate of drug-likeness (QED) is 0.311. The van der Waals surface area contributed by atoms with E-state index in [1.807, 2.05) is 40.0 Å². The van der Waals surface area contributed by atoms with Crippen LogP contribution in [0, 0.1) is 5.82 Å². The predicted octanol–water partition coefficient (Wildman–Crippen LogP) is 8.76. The third kappa shape index (κ3) is 6.73. The molecular weight excluding hydrogens is 369 g/mol. The molecule has 0 aliphatic carbocycles. The fourth-order valence-electron chi connectivity index (χ4n) is 2.99. The molecule has 0 saturated heterocycles. The molecule has 0 N–H and O–H groups in total. The summed E-state index contributed by atoms with van der Waals surface area (Å²) in [5.41, 5.74) is 6.94. The van der Waals surface area contributed by atoms with E-state index in [0.717, 1.165) is 11.4 Å². The predicted molar refractivity (Wildman–Crippen MR) is 133 cm³/mol. The third-order valence-electron chi connectivity index (χ3n) is 4.65. The first kappa shape index (κ1) is 24.9. The highest BCUT2D eigenvalue weighted by Gasteiger charge is 2.12. The lowest BCUT2D eigenvalue weighted by Gasteiger charge is -2.24. The molecule has 158 valence electrons. The van der Waals surface area contributed by atoms with Crippen molar-refractivity contribution in [2.75, 3.05) is 11.9 Å². The Hall–Kier alpha value is -3.13. The molecule has 0 amide bonds. The van der Waals surface area contributed by atoms with Crippen LogP contribution in [0.2, 0.25) is 0 Å². The summed E-state index contributed by atoms with van der Waals surface area (Å²) >= 11 is 0. The number of halogens is 1. The molecule has 0 bridgehead atoms. The van der Waals surface area contributed by atoms with E-state index in [-0.39, 0.29) is 5.82 Å². The van der Waals surface area contributed by atoms with Crippen LogP contribution in [-0.4, -0.2) is 7.05 Å². The van der Waals surface area contributed by atoms with Gasteiger partial charge in [0.1, 0.15) is 5.82 Å². The Kier molecular flexibility index (Phi) is 10.9. The van der Waals surface area contributed by atoms with Gasteiger partial charge in [0.2, 0.25) is 0 Å². The molecule has 3 aromatic carbocycles. The molecule has 0 aliphatic rings. The Balaban J connectivity index is 0.000000826. The Labute approximate surface area is 182 Å². The number of nitrogens with zero attached hydrogens (tertiary/aromatic N) is 1. The van der Waals surface area contributed by atoms with Gasteiger partial charge in [-0.2, -0.15) is 0 Å². The van der Waals surface area contributed by atoms with Gasteiger partial charge in [-0.1, -0.05) is 68.5 Å². The molecule has 3 rings (SSSR count). The van der Waals surface area contributed by atoms with Gasteiger partial charge in [0.05, 0.1) is 0 Å². The molecule has 0 radical (unpaired) electrons. The summed E-state index contributed by atoms with van der Waals surface area (Å²) in [5, 5.41) is 0.